The maximum Gasteiger partial charge on any atom is 0.416 e. The van der Waals surface area contributed by atoms with E-state index in [-0.39, 0.29) is 5.91 Å². The molecule has 6 heteroatoms. The highest BCUT2D eigenvalue weighted by Gasteiger charge is 2.33. The van der Waals surface area contributed by atoms with Crippen molar-refractivity contribution in [2.45, 2.75) is 38.8 Å². The van der Waals surface area contributed by atoms with Crippen molar-refractivity contribution in [1.82, 2.24) is 10.2 Å². The van der Waals surface area contributed by atoms with Gasteiger partial charge >= 0.3 is 6.18 Å². The smallest absolute Gasteiger partial charge is 0.355 e. The second-order valence-corrected chi connectivity index (χ2v) is 6.39. The monoisotopic (exact) mass is 342 g/mol. The molecular formula is C18H25F3N2O. The van der Waals surface area contributed by atoms with Crippen LogP contribution in [0.5, 0.6) is 0 Å². The zero-order valence-electron chi connectivity index (χ0n) is 14.0. The minimum absolute atomic E-state index is 0.0144. The lowest BCUT2D eigenvalue weighted by molar-refractivity contribution is -0.138. The van der Waals surface area contributed by atoms with Crippen molar-refractivity contribution in [3.8, 4) is 0 Å². The Balaban J connectivity index is 1.89. The van der Waals surface area contributed by atoms with E-state index in [2.05, 4.69) is 10.2 Å². The zero-order valence-corrected chi connectivity index (χ0v) is 14.0. The van der Waals surface area contributed by atoms with Crippen molar-refractivity contribution in [2.24, 2.45) is 5.92 Å². The molecule has 1 N–H and O–H groups in total. The summed E-state index contributed by atoms with van der Waals surface area (Å²) in [6.07, 6.45) is -1.15. The highest BCUT2D eigenvalue weighted by atomic mass is 19.4. The number of aryl methyl sites for hydroxylation is 1. The van der Waals surface area contributed by atoms with Crippen LogP contribution in [-0.4, -0.2) is 37.0 Å². The van der Waals surface area contributed by atoms with Gasteiger partial charge in [0.05, 0.1) is 12.1 Å². The van der Waals surface area contributed by atoms with E-state index in [0.717, 1.165) is 38.4 Å². The van der Waals surface area contributed by atoms with E-state index in [1.54, 1.807) is 12.1 Å². The summed E-state index contributed by atoms with van der Waals surface area (Å²) in [5.74, 6) is 0.357. The molecule has 0 aliphatic carbocycles. The third-order valence-corrected chi connectivity index (χ3v) is 4.49. The molecule has 0 bridgehead atoms. The molecule has 0 spiro atoms. The Labute approximate surface area is 141 Å². The first-order valence-electron chi connectivity index (χ1n) is 8.54. The zero-order chi connectivity index (χ0) is 17.6. The minimum atomic E-state index is -4.30. The van der Waals surface area contributed by atoms with Gasteiger partial charge in [0.25, 0.3) is 0 Å². The number of carbonyl (C=O) groups is 1. The van der Waals surface area contributed by atoms with Gasteiger partial charge < -0.3 is 5.32 Å². The molecule has 1 heterocycles. The van der Waals surface area contributed by atoms with E-state index in [1.807, 2.05) is 6.92 Å². The van der Waals surface area contributed by atoms with E-state index < -0.39 is 11.7 Å². The number of nitrogens with zero attached hydrogens (tertiary/aromatic N) is 1. The van der Waals surface area contributed by atoms with Gasteiger partial charge in [0.15, 0.2) is 0 Å². The number of likely N-dealkylation sites (N-methyl/N-ethyl adjacent to an activating group) is 1. The molecule has 1 aromatic rings. The first-order valence-corrected chi connectivity index (χ1v) is 8.54. The van der Waals surface area contributed by atoms with Crippen molar-refractivity contribution in [3.05, 3.63) is 35.4 Å². The molecule has 1 fully saturated rings. The second-order valence-electron chi connectivity index (χ2n) is 6.39. The van der Waals surface area contributed by atoms with Crippen LogP contribution in [0.4, 0.5) is 13.2 Å². The summed E-state index contributed by atoms with van der Waals surface area (Å²) < 4.78 is 39.1. The predicted molar refractivity (Wildman–Crippen MR) is 87.6 cm³/mol. The van der Waals surface area contributed by atoms with Crippen LogP contribution in [-0.2, 0) is 17.4 Å². The van der Waals surface area contributed by atoms with Crippen LogP contribution in [0.25, 0.3) is 0 Å². The lowest BCUT2D eigenvalue weighted by Gasteiger charge is -2.32. The Morgan fingerprint density at radius 1 is 1.33 bits per heavy atom. The lowest BCUT2D eigenvalue weighted by Crippen LogP contribution is -2.42. The molecule has 1 saturated heterocycles. The van der Waals surface area contributed by atoms with Crippen LogP contribution in [0, 0.1) is 5.92 Å². The highest BCUT2D eigenvalue weighted by molar-refractivity contribution is 5.77. The minimum Gasteiger partial charge on any atom is -0.355 e. The molecule has 1 aliphatic rings. The van der Waals surface area contributed by atoms with Crippen molar-refractivity contribution >= 4 is 5.91 Å². The van der Waals surface area contributed by atoms with Crippen molar-refractivity contribution in [2.75, 3.05) is 26.2 Å². The van der Waals surface area contributed by atoms with Gasteiger partial charge in [-0.15, -0.1) is 0 Å². The molecule has 3 nitrogen and oxygen atoms in total. The standard InChI is InChI=1S/C18H25F3N2O/c1-2-22-17(24)13-23-11-5-6-14(12-23)9-10-15-7-3-4-8-16(15)18(19,20)21/h3-4,7-8,14H,2,5-6,9-13H2,1H3,(H,22,24). The van der Waals surface area contributed by atoms with Crippen LogP contribution in [0.3, 0.4) is 0 Å². The first kappa shape index (κ1) is 18.8. The average molecular weight is 342 g/mol. The second kappa shape index (κ2) is 8.51. The van der Waals surface area contributed by atoms with E-state index in [9.17, 15) is 18.0 Å². The van der Waals surface area contributed by atoms with Gasteiger partial charge in [0.2, 0.25) is 5.91 Å². The molecule has 0 radical (unpaired) electrons. The summed E-state index contributed by atoms with van der Waals surface area (Å²) in [6, 6.07) is 5.81. The van der Waals surface area contributed by atoms with Gasteiger partial charge in [-0.25, -0.2) is 0 Å². The molecule has 1 aliphatic heterocycles. The van der Waals surface area contributed by atoms with Crippen molar-refractivity contribution in [3.63, 3.8) is 0 Å². The number of nitrogens with one attached hydrogen (secondary N) is 1. The third-order valence-electron chi connectivity index (χ3n) is 4.49. The first-order chi connectivity index (χ1) is 11.4. The van der Waals surface area contributed by atoms with Crippen LogP contribution < -0.4 is 5.32 Å². The Morgan fingerprint density at radius 2 is 2.08 bits per heavy atom. The quantitative estimate of drug-likeness (QED) is 0.858. The van der Waals surface area contributed by atoms with Gasteiger partial charge in [0.1, 0.15) is 0 Å². The van der Waals surface area contributed by atoms with Crippen molar-refractivity contribution < 1.29 is 18.0 Å². The number of likely N-dealkylation sites (tertiary alicyclic amines) is 1. The van der Waals surface area contributed by atoms with Crippen LogP contribution in [0.15, 0.2) is 24.3 Å². The molecule has 1 atom stereocenters. The van der Waals surface area contributed by atoms with Gasteiger partial charge in [-0.2, -0.15) is 13.2 Å². The Bertz CT molecular complexity index is 545. The molecule has 1 aromatic carbocycles. The number of halogens is 3. The van der Waals surface area contributed by atoms with Crippen LogP contribution >= 0.6 is 0 Å². The molecule has 1 unspecified atom stereocenters. The normalized spacial score (nSPS) is 19.2. The molecule has 2 rings (SSSR count). The fraction of sp³-hybridized carbons (Fsp3) is 0.611. The summed E-state index contributed by atoms with van der Waals surface area (Å²) in [5.41, 5.74) is -0.161. The number of hydrogen-bond acceptors (Lipinski definition) is 2. The Morgan fingerprint density at radius 3 is 2.79 bits per heavy atom. The number of amides is 1. The van der Waals surface area contributed by atoms with Gasteiger partial charge in [-0.3, -0.25) is 9.69 Å². The number of alkyl halides is 3. The summed E-state index contributed by atoms with van der Waals surface area (Å²) in [7, 11) is 0. The van der Waals surface area contributed by atoms with Gasteiger partial charge in [-0.05, 0) is 56.7 Å². The van der Waals surface area contributed by atoms with E-state index in [1.165, 1.54) is 6.07 Å². The SMILES string of the molecule is CCNC(=O)CN1CCCC(CCc2ccccc2C(F)(F)F)C1. The highest BCUT2D eigenvalue weighted by Crippen LogP contribution is 2.33. The van der Waals surface area contributed by atoms with Crippen LogP contribution in [0.2, 0.25) is 0 Å². The molecule has 134 valence electrons. The molecule has 1 amide bonds. The topological polar surface area (TPSA) is 32.3 Å². The summed E-state index contributed by atoms with van der Waals surface area (Å²) in [4.78, 5) is 13.8. The summed E-state index contributed by atoms with van der Waals surface area (Å²) in [5, 5.41) is 2.78. The van der Waals surface area contributed by atoms with E-state index in [0.29, 0.717) is 31.0 Å². The summed E-state index contributed by atoms with van der Waals surface area (Å²) in [6.45, 7) is 4.54. The van der Waals surface area contributed by atoms with E-state index >= 15 is 0 Å². The number of carbonyl (C=O) groups excluding carboxylic acids is 1. The fourth-order valence-electron chi connectivity index (χ4n) is 3.36. The molecule has 0 saturated carbocycles. The maximum atomic E-state index is 13.0. The Hall–Kier alpha value is -1.56. The predicted octanol–water partition coefficient (Wildman–Crippen LogP) is 3.49. The number of benzene rings is 1. The summed E-state index contributed by atoms with van der Waals surface area (Å²) >= 11 is 0. The van der Waals surface area contributed by atoms with Gasteiger partial charge in [0, 0.05) is 13.1 Å². The fourth-order valence-corrected chi connectivity index (χ4v) is 3.36. The van der Waals surface area contributed by atoms with E-state index in [4.69, 9.17) is 0 Å². The van der Waals surface area contributed by atoms with Gasteiger partial charge in [-0.1, -0.05) is 18.2 Å². The maximum absolute atomic E-state index is 13.0. The average Bonchev–Trinajstić information content (AvgIpc) is 2.53. The molecular weight excluding hydrogens is 317 g/mol. The number of rotatable bonds is 6. The number of hydrogen-bond donors (Lipinski definition) is 1. The Kier molecular flexibility index (Phi) is 6.66. The molecule has 24 heavy (non-hydrogen) atoms. The lowest BCUT2D eigenvalue weighted by atomic mass is 9.90. The van der Waals surface area contributed by atoms with Crippen LogP contribution in [0.1, 0.15) is 37.3 Å². The van der Waals surface area contributed by atoms with Crippen molar-refractivity contribution in [1.29, 1.82) is 0 Å². The molecule has 0 aromatic heterocycles. The number of piperidine rings is 1. The third kappa shape index (κ3) is 5.51. The largest absolute Gasteiger partial charge is 0.416 e.